The van der Waals surface area contributed by atoms with E-state index in [4.69, 9.17) is 11.1 Å². The summed E-state index contributed by atoms with van der Waals surface area (Å²) in [4.78, 5) is 25.5. The first-order valence-electron chi connectivity index (χ1n) is 8.17. The zero-order valence-electron chi connectivity index (χ0n) is 15.8. The van der Waals surface area contributed by atoms with Crippen molar-refractivity contribution in [2.24, 2.45) is 5.73 Å². The van der Waals surface area contributed by atoms with Crippen molar-refractivity contribution in [1.29, 1.82) is 5.41 Å². The highest BCUT2D eigenvalue weighted by molar-refractivity contribution is 6.12. The van der Waals surface area contributed by atoms with Gasteiger partial charge in [-0.2, -0.15) is 0 Å². The van der Waals surface area contributed by atoms with Crippen LogP contribution in [0.5, 0.6) is 0 Å². The zero-order valence-corrected chi connectivity index (χ0v) is 16.6. The number of rotatable bonds is 2. The van der Waals surface area contributed by atoms with Crippen molar-refractivity contribution in [2.45, 2.75) is 20.8 Å². The molecule has 0 bridgehead atoms. The summed E-state index contributed by atoms with van der Waals surface area (Å²) in [5, 5.41) is 10.6. The largest absolute Gasteiger partial charge is 0.412 e. The van der Waals surface area contributed by atoms with Gasteiger partial charge < -0.3 is 11.2 Å². The lowest BCUT2D eigenvalue weighted by Gasteiger charge is -2.14. The molecule has 0 unspecified atom stereocenters. The fourth-order valence-corrected chi connectivity index (χ4v) is 2.89. The highest BCUT2D eigenvalue weighted by Crippen LogP contribution is 2.20. The fourth-order valence-electron chi connectivity index (χ4n) is 2.89. The number of hydrogen-bond donors (Lipinski definition) is 3. The molecule has 0 aliphatic carbocycles. The first-order chi connectivity index (χ1) is 12.3. The third-order valence-corrected chi connectivity index (χ3v) is 4.43. The molecule has 0 spiro atoms. The quantitative estimate of drug-likeness (QED) is 0.448. The second-order valence-electron chi connectivity index (χ2n) is 6.40. The maximum absolute atomic E-state index is 13.0. The number of carbonyl (C=O) groups excluding carboxylic acids is 1. The smallest absolute Gasteiger partial charge is 0.262 e. The monoisotopic (exact) mass is 402 g/mol. The molecule has 1 amide bonds. The van der Waals surface area contributed by atoms with Crippen LogP contribution in [0.1, 0.15) is 27.0 Å². The number of halogens is 1. The van der Waals surface area contributed by atoms with Gasteiger partial charge in [0.1, 0.15) is 0 Å². The second-order valence-corrected chi connectivity index (χ2v) is 6.40. The third-order valence-electron chi connectivity index (χ3n) is 4.43. The molecule has 6 N–H and O–H groups in total. The van der Waals surface area contributed by atoms with Crippen molar-refractivity contribution >= 4 is 35.0 Å². The van der Waals surface area contributed by atoms with Gasteiger partial charge in [0.15, 0.2) is 5.96 Å². The lowest BCUT2D eigenvalue weighted by molar-refractivity contribution is 0.0977. The Kier molecular flexibility index (Phi) is 7.10. The maximum Gasteiger partial charge on any atom is 0.262 e. The van der Waals surface area contributed by atoms with Crippen LogP contribution in [0.4, 0.5) is 0 Å². The molecule has 148 valence electrons. The van der Waals surface area contributed by atoms with E-state index in [2.05, 4.69) is 5.32 Å². The van der Waals surface area contributed by atoms with Crippen molar-refractivity contribution in [1.82, 2.24) is 9.88 Å². The van der Waals surface area contributed by atoms with Gasteiger partial charge in [0.25, 0.3) is 11.5 Å². The molecule has 2 aromatic carbocycles. The Bertz CT molecular complexity index is 1120. The normalized spacial score (nSPS) is 9.96. The summed E-state index contributed by atoms with van der Waals surface area (Å²) in [6.45, 7) is 5.86. The molecule has 28 heavy (non-hydrogen) atoms. The average Bonchev–Trinajstić information content (AvgIpc) is 2.57. The summed E-state index contributed by atoms with van der Waals surface area (Å²) < 4.78 is 1.46. The average molecular weight is 403 g/mol. The Balaban J connectivity index is 0.00000196. The summed E-state index contributed by atoms with van der Waals surface area (Å²) in [5.74, 6) is -0.967. The standard InChI is InChI=1S/C20H20N4O2.ClH.H2O/c1-11-4-7-15-16(8-11)17(18(25)23-20(21)22)10-24(19(15)26)14-6-5-12(2)13(3)9-14;;/h4-10H,1-3H3,(H4,21,22,23,25);1H;1H2. The Morgan fingerprint density at radius 1 is 1.04 bits per heavy atom. The van der Waals surface area contributed by atoms with Crippen molar-refractivity contribution in [3.05, 3.63) is 75.2 Å². The van der Waals surface area contributed by atoms with E-state index in [1.165, 1.54) is 10.8 Å². The molecule has 0 atom stereocenters. The van der Waals surface area contributed by atoms with Gasteiger partial charge in [-0.3, -0.25) is 24.9 Å². The minimum atomic E-state index is -0.523. The SMILES string of the molecule is Cc1ccc2c(=O)n(-c3ccc(C)c(C)c3)cc(C(=O)NC(=N)N)c2c1.Cl.O. The van der Waals surface area contributed by atoms with Crippen molar-refractivity contribution in [3.63, 3.8) is 0 Å². The van der Waals surface area contributed by atoms with E-state index in [0.717, 1.165) is 16.7 Å². The van der Waals surface area contributed by atoms with Gasteiger partial charge in [-0.1, -0.05) is 23.8 Å². The molecule has 0 aliphatic heterocycles. The van der Waals surface area contributed by atoms with E-state index in [-0.39, 0.29) is 29.0 Å². The molecule has 3 aromatic rings. The molecule has 1 aromatic heterocycles. The van der Waals surface area contributed by atoms with Crippen LogP contribution in [-0.4, -0.2) is 21.9 Å². The lowest BCUT2D eigenvalue weighted by atomic mass is 10.0. The van der Waals surface area contributed by atoms with Gasteiger partial charge in [-0.15, -0.1) is 12.4 Å². The van der Waals surface area contributed by atoms with E-state index < -0.39 is 11.9 Å². The van der Waals surface area contributed by atoms with Crippen molar-refractivity contribution < 1.29 is 10.3 Å². The number of nitrogens with zero attached hydrogens (tertiary/aromatic N) is 1. The molecule has 3 rings (SSSR count). The number of pyridine rings is 1. The van der Waals surface area contributed by atoms with E-state index in [1.807, 2.05) is 45.0 Å². The second kappa shape index (κ2) is 8.69. The number of nitrogens with one attached hydrogen (secondary N) is 2. The molecule has 0 saturated heterocycles. The van der Waals surface area contributed by atoms with Crippen LogP contribution in [0.3, 0.4) is 0 Å². The number of nitrogens with two attached hydrogens (primary N) is 1. The summed E-state index contributed by atoms with van der Waals surface area (Å²) in [7, 11) is 0. The number of aryl methyl sites for hydroxylation is 3. The number of fused-ring (bicyclic) bond motifs is 1. The predicted octanol–water partition coefficient (Wildman–Crippen LogP) is 2.14. The summed E-state index contributed by atoms with van der Waals surface area (Å²) in [6.07, 6.45) is 1.51. The third kappa shape index (κ3) is 4.21. The Morgan fingerprint density at radius 2 is 1.71 bits per heavy atom. The molecule has 0 aliphatic rings. The van der Waals surface area contributed by atoms with E-state index in [9.17, 15) is 9.59 Å². The van der Waals surface area contributed by atoms with Crippen LogP contribution >= 0.6 is 12.4 Å². The number of aromatic nitrogens is 1. The van der Waals surface area contributed by atoms with Gasteiger partial charge >= 0.3 is 0 Å². The van der Waals surface area contributed by atoms with E-state index in [0.29, 0.717) is 16.5 Å². The highest BCUT2D eigenvalue weighted by Gasteiger charge is 2.16. The van der Waals surface area contributed by atoms with Gasteiger partial charge in [0, 0.05) is 22.7 Å². The molecule has 7 nitrogen and oxygen atoms in total. The van der Waals surface area contributed by atoms with Crippen molar-refractivity contribution in [3.8, 4) is 5.69 Å². The zero-order chi connectivity index (χ0) is 19.0. The Labute approximate surface area is 168 Å². The summed E-state index contributed by atoms with van der Waals surface area (Å²) >= 11 is 0. The number of hydrogen-bond acceptors (Lipinski definition) is 3. The number of carbonyl (C=O) groups is 1. The van der Waals surface area contributed by atoms with E-state index >= 15 is 0 Å². The predicted molar refractivity (Wildman–Crippen MR) is 114 cm³/mol. The first kappa shape index (κ1) is 22.9. The summed E-state index contributed by atoms with van der Waals surface area (Å²) in [5.41, 5.74) is 9.16. The van der Waals surface area contributed by atoms with Crippen LogP contribution in [0.2, 0.25) is 0 Å². The van der Waals surface area contributed by atoms with Crippen LogP contribution in [-0.2, 0) is 0 Å². The fraction of sp³-hybridized carbons (Fsp3) is 0.150. The van der Waals surface area contributed by atoms with E-state index in [1.54, 1.807) is 12.1 Å². The van der Waals surface area contributed by atoms with Gasteiger partial charge in [0.2, 0.25) is 0 Å². The topological polar surface area (TPSA) is 132 Å². The number of guanidine groups is 1. The molecule has 0 radical (unpaired) electrons. The molecular formula is C20H23ClN4O3. The number of benzene rings is 2. The van der Waals surface area contributed by atoms with Gasteiger partial charge in [-0.05, 0) is 50.1 Å². The van der Waals surface area contributed by atoms with Crippen LogP contribution in [0.15, 0.2) is 47.4 Å². The van der Waals surface area contributed by atoms with Crippen LogP contribution < -0.4 is 16.6 Å². The Hall–Kier alpha value is -3.16. The minimum absolute atomic E-state index is 0. The molecule has 1 heterocycles. The first-order valence-corrected chi connectivity index (χ1v) is 8.17. The minimum Gasteiger partial charge on any atom is -0.412 e. The molecule has 0 saturated carbocycles. The molecular weight excluding hydrogens is 380 g/mol. The summed E-state index contributed by atoms with van der Waals surface area (Å²) in [6, 6.07) is 11.0. The van der Waals surface area contributed by atoms with Gasteiger partial charge in [-0.25, -0.2) is 0 Å². The maximum atomic E-state index is 13.0. The number of amides is 1. The van der Waals surface area contributed by atoms with Crippen LogP contribution in [0, 0.1) is 26.2 Å². The molecule has 0 fully saturated rings. The van der Waals surface area contributed by atoms with Gasteiger partial charge in [0.05, 0.1) is 5.56 Å². The lowest BCUT2D eigenvalue weighted by Crippen LogP contribution is -2.36. The van der Waals surface area contributed by atoms with Crippen LogP contribution in [0.25, 0.3) is 16.5 Å². The molecule has 8 heteroatoms. The highest BCUT2D eigenvalue weighted by atomic mass is 35.5. The van der Waals surface area contributed by atoms with Crippen molar-refractivity contribution in [2.75, 3.05) is 0 Å². The Morgan fingerprint density at radius 3 is 2.32 bits per heavy atom.